The molecule has 0 aromatic heterocycles. The van der Waals surface area contributed by atoms with Crippen molar-refractivity contribution in [1.29, 1.82) is 0 Å². The van der Waals surface area contributed by atoms with Gasteiger partial charge in [0.05, 0.1) is 4.47 Å². The van der Waals surface area contributed by atoms with E-state index < -0.39 is 0 Å². The molecule has 90 valence electrons. The van der Waals surface area contributed by atoms with Gasteiger partial charge in [0.2, 0.25) is 0 Å². The minimum atomic E-state index is 0.479. The third-order valence-corrected chi connectivity index (χ3v) is 3.13. The van der Waals surface area contributed by atoms with Gasteiger partial charge in [0.1, 0.15) is 12.4 Å². The summed E-state index contributed by atoms with van der Waals surface area (Å²) in [7, 11) is 0. The van der Waals surface area contributed by atoms with Crippen molar-refractivity contribution in [2.75, 3.05) is 6.61 Å². The highest BCUT2D eigenvalue weighted by Crippen LogP contribution is 2.30. The van der Waals surface area contributed by atoms with Crippen LogP contribution in [0.5, 0.6) is 5.75 Å². The van der Waals surface area contributed by atoms with Crippen LogP contribution in [0.1, 0.15) is 0 Å². The van der Waals surface area contributed by atoms with Crippen LogP contribution in [0.15, 0.2) is 71.4 Å². The first-order valence-corrected chi connectivity index (χ1v) is 6.42. The predicted octanol–water partition coefficient (Wildman–Crippen LogP) is 4.84. The summed E-state index contributed by atoms with van der Waals surface area (Å²) in [5.74, 6) is 0.821. The summed E-state index contributed by atoms with van der Waals surface area (Å²) in [6.45, 7) is 3.97. The van der Waals surface area contributed by atoms with Crippen LogP contribution in [-0.2, 0) is 0 Å². The van der Waals surface area contributed by atoms with E-state index in [9.17, 15) is 0 Å². The second-order valence-electron chi connectivity index (χ2n) is 3.73. The fraction of sp³-hybridized carbons (Fsp3) is 0.0625. The van der Waals surface area contributed by atoms with Crippen molar-refractivity contribution in [3.05, 3.63) is 71.4 Å². The molecule has 0 N–H and O–H groups in total. The summed E-state index contributed by atoms with van der Waals surface area (Å²) in [5.41, 5.74) is 5.03. The van der Waals surface area contributed by atoms with Crippen LogP contribution >= 0.6 is 15.9 Å². The first-order chi connectivity index (χ1) is 8.81. The van der Waals surface area contributed by atoms with Gasteiger partial charge in [0.15, 0.2) is 0 Å². The van der Waals surface area contributed by atoms with E-state index >= 15 is 0 Å². The second kappa shape index (κ2) is 6.25. The standard InChI is InChI=1S/C16H13BrO/c1-2-3-11-18-16-10-9-14(12-15(16)17)13-7-5-4-6-8-13/h3-10,12H,1,11H2. The van der Waals surface area contributed by atoms with Crippen molar-refractivity contribution in [2.24, 2.45) is 0 Å². The summed E-state index contributed by atoms with van der Waals surface area (Å²) in [5, 5.41) is 0. The van der Waals surface area contributed by atoms with Crippen molar-refractivity contribution in [3.63, 3.8) is 0 Å². The molecular formula is C16H13BrO. The highest BCUT2D eigenvalue weighted by atomic mass is 79.9. The van der Waals surface area contributed by atoms with Gasteiger partial charge in [-0.3, -0.25) is 0 Å². The maximum atomic E-state index is 5.56. The van der Waals surface area contributed by atoms with Crippen LogP contribution in [-0.4, -0.2) is 6.61 Å². The molecule has 0 spiro atoms. The Hall–Kier alpha value is -1.76. The first-order valence-electron chi connectivity index (χ1n) is 5.63. The normalized spacial score (nSPS) is 9.61. The molecule has 0 aliphatic rings. The van der Waals surface area contributed by atoms with Gasteiger partial charge in [-0.1, -0.05) is 43.0 Å². The lowest BCUT2D eigenvalue weighted by Gasteiger charge is -2.08. The van der Waals surface area contributed by atoms with E-state index in [4.69, 9.17) is 4.74 Å². The summed E-state index contributed by atoms with van der Waals surface area (Å²) >= 11 is 3.52. The van der Waals surface area contributed by atoms with E-state index in [0.29, 0.717) is 6.61 Å². The third kappa shape index (κ3) is 3.13. The SMILES string of the molecule is C=C=CCOc1ccc(-c2ccccc2)cc1Br. The maximum Gasteiger partial charge on any atom is 0.134 e. The number of hydrogen-bond acceptors (Lipinski definition) is 1. The largest absolute Gasteiger partial charge is 0.488 e. The number of hydrogen-bond donors (Lipinski definition) is 0. The lowest BCUT2D eigenvalue weighted by Crippen LogP contribution is -1.93. The number of ether oxygens (including phenoxy) is 1. The van der Waals surface area contributed by atoms with Crippen LogP contribution in [0.2, 0.25) is 0 Å². The average Bonchev–Trinajstić information content (AvgIpc) is 2.42. The van der Waals surface area contributed by atoms with Crippen LogP contribution in [0.4, 0.5) is 0 Å². The molecule has 0 unspecified atom stereocenters. The Morgan fingerprint density at radius 2 is 1.89 bits per heavy atom. The Morgan fingerprint density at radius 1 is 1.11 bits per heavy atom. The van der Waals surface area contributed by atoms with Crippen molar-refractivity contribution in [3.8, 4) is 16.9 Å². The first kappa shape index (κ1) is 12.7. The molecule has 1 nitrogen and oxygen atoms in total. The van der Waals surface area contributed by atoms with Gasteiger partial charge in [-0.25, -0.2) is 0 Å². The zero-order chi connectivity index (χ0) is 12.8. The topological polar surface area (TPSA) is 9.23 Å². The van der Waals surface area contributed by atoms with Crippen LogP contribution in [0.3, 0.4) is 0 Å². The molecule has 0 bridgehead atoms. The minimum Gasteiger partial charge on any atom is -0.488 e. The van der Waals surface area contributed by atoms with E-state index in [1.165, 1.54) is 5.56 Å². The molecule has 2 rings (SSSR count). The molecule has 2 aromatic carbocycles. The quantitative estimate of drug-likeness (QED) is 0.735. The van der Waals surface area contributed by atoms with Crippen LogP contribution in [0, 0.1) is 0 Å². The van der Waals surface area contributed by atoms with E-state index in [1.54, 1.807) is 6.08 Å². The van der Waals surface area contributed by atoms with Crippen molar-refractivity contribution in [2.45, 2.75) is 0 Å². The van der Waals surface area contributed by atoms with E-state index in [0.717, 1.165) is 15.8 Å². The second-order valence-corrected chi connectivity index (χ2v) is 4.58. The smallest absolute Gasteiger partial charge is 0.134 e. The Morgan fingerprint density at radius 3 is 2.56 bits per heavy atom. The van der Waals surface area contributed by atoms with Crippen molar-refractivity contribution >= 4 is 15.9 Å². The molecule has 0 aliphatic carbocycles. The molecule has 0 atom stereocenters. The van der Waals surface area contributed by atoms with Gasteiger partial charge in [-0.2, -0.15) is 0 Å². The van der Waals surface area contributed by atoms with Gasteiger partial charge in [0, 0.05) is 0 Å². The molecule has 0 saturated heterocycles. The molecule has 2 heteroatoms. The fourth-order valence-electron chi connectivity index (χ4n) is 1.62. The molecular weight excluding hydrogens is 288 g/mol. The Bertz CT molecular complexity index is 569. The average molecular weight is 301 g/mol. The van der Waals surface area contributed by atoms with Crippen LogP contribution in [0.25, 0.3) is 11.1 Å². The Kier molecular flexibility index (Phi) is 4.40. The maximum absolute atomic E-state index is 5.56. The summed E-state index contributed by atoms with van der Waals surface area (Å²) < 4.78 is 6.51. The third-order valence-electron chi connectivity index (χ3n) is 2.51. The lowest BCUT2D eigenvalue weighted by molar-refractivity contribution is 0.361. The van der Waals surface area contributed by atoms with Crippen molar-refractivity contribution in [1.82, 2.24) is 0 Å². The van der Waals surface area contributed by atoms with Crippen LogP contribution < -0.4 is 4.74 Å². The Balaban J connectivity index is 2.22. The number of halogens is 1. The van der Waals surface area contributed by atoms with Gasteiger partial charge < -0.3 is 4.74 Å². The van der Waals surface area contributed by atoms with E-state index in [1.807, 2.05) is 30.3 Å². The minimum absolute atomic E-state index is 0.479. The fourth-order valence-corrected chi connectivity index (χ4v) is 2.11. The zero-order valence-electron chi connectivity index (χ0n) is 9.90. The summed E-state index contributed by atoms with van der Waals surface area (Å²) in [6, 6.07) is 16.3. The molecule has 0 amide bonds. The zero-order valence-corrected chi connectivity index (χ0v) is 11.5. The molecule has 0 fully saturated rings. The molecule has 0 heterocycles. The van der Waals surface area contributed by atoms with E-state index in [-0.39, 0.29) is 0 Å². The monoisotopic (exact) mass is 300 g/mol. The molecule has 18 heavy (non-hydrogen) atoms. The number of benzene rings is 2. The molecule has 0 saturated carbocycles. The van der Waals surface area contributed by atoms with Gasteiger partial charge in [-0.05, 0) is 45.3 Å². The molecule has 0 aliphatic heterocycles. The highest BCUT2D eigenvalue weighted by molar-refractivity contribution is 9.10. The summed E-state index contributed by atoms with van der Waals surface area (Å²) in [4.78, 5) is 0. The molecule has 0 radical (unpaired) electrons. The number of rotatable bonds is 4. The van der Waals surface area contributed by atoms with Gasteiger partial charge in [-0.15, -0.1) is 5.73 Å². The summed E-state index contributed by atoms with van der Waals surface area (Å²) in [6.07, 6.45) is 1.75. The predicted molar refractivity (Wildman–Crippen MR) is 78.8 cm³/mol. The van der Waals surface area contributed by atoms with Gasteiger partial charge >= 0.3 is 0 Å². The van der Waals surface area contributed by atoms with Gasteiger partial charge in [0.25, 0.3) is 0 Å². The lowest BCUT2D eigenvalue weighted by atomic mass is 10.1. The van der Waals surface area contributed by atoms with Crippen molar-refractivity contribution < 1.29 is 4.74 Å². The van der Waals surface area contributed by atoms with E-state index in [2.05, 4.69) is 46.4 Å². The Labute approximate surface area is 116 Å². The highest BCUT2D eigenvalue weighted by Gasteiger charge is 2.03. The molecule has 2 aromatic rings.